The van der Waals surface area contributed by atoms with Crippen molar-refractivity contribution in [2.75, 3.05) is 55.9 Å². The molecule has 1 fully saturated rings. The molecule has 0 spiro atoms. The molecule has 1 saturated heterocycles. The molecule has 35 heavy (non-hydrogen) atoms. The lowest BCUT2D eigenvalue weighted by atomic mass is 10.2. The van der Waals surface area contributed by atoms with Crippen LogP contribution in [0.25, 0.3) is 0 Å². The molecule has 2 heterocycles. The number of aromatic nitrogens is 2. The van der Waals surface area contributed by atoms with Crippen LogP contribution in [0, 0.1) is 0 Å². The number of ether oxygens (including phenoxy) is 2. The zero-order valence-corrected chi connectivity index (χ0v) is 20.8. The van der Waals surface area contributed by atoms with Crippen LogP contribution in [0.5, 0.6) is 17.4 Å². The summed E-state index contributed by atoms with van der Waals surface area (Å²) in [4.78, 5) is 25.0. The number of carbonyl (C=O) groups is 1. The second-order valence-electron chi connectivity index (χ2n) is 8.18. The lowest BCUT2D eigenvalue weighted by Gasteiger charge is -2.34. The Morgan fingerprint density at radius 2 is 1.94 bits per heavy atom. The van der Waals surface area contributed by atoms with Crippen LogP contribution >= 0.6 is 11.6 Å². The summed E-state index contributed by atoms with van der Waals surface area (Å²) in [5.74, 6) is 1.59. The van der Waals surface area contributed by atoms with Crippen molar-refractivity contribution in [1.29, 1.82) is 0 Å². The van der Waals surface area contributed by atoms with Gasteiger partial charge in [0.05, 0.1) is 19.0 Å². The molecule has 0 radical (unpaired) electrons. The topological polar surface area (TPSA) is 91.8 Å². The van der Waals surface area contributed by atoms with E-state index in [1.165, 1.54) is 6.20 Å². The number of likely N-dealkylation sites (N-methyl/N-ethyl adjacent to an activating group) is 1. The molecule has 2 N–H and O–H groups in total. The van der Waals surface area contributed by atoms with Crippen LogP contribution < -0.4 is 25.0 Å². The number of hydrogen-bond acceptors (Lipinski definition) is 8. The third-order valence-electron chi connectivity index (χ3n) is 5.67. The summed E-state index contributed by atoms with van der Waals surface area (Å²) in [6, 6.07) is 13.0. The first kappa shape index (κ1) is 24.6. The lowest BCUT2D eigenvalue weighted by Crippen LogP contribution is -2.44. The quantitative estimate of drug-likeness (QED) is 0.460. The zero-order chi connectivity index (χ0) is 24.8. The minimum absolute atomic E-state index is 0.0821. The number of benzene rings is 2. The third-order valence-corrected chi connectivity index (χ3v) is 5.92. The van der Waals surface area contributed by atoms with Gasteiger partial charge in [-0.3, -0.25) is 4.79 Å². The van der Waals surface area contributed by atoms with Gasteiger partial charge in [-0.1, -0.05) is 24.6 Å². The van der Waals surface area contributed by atoms with Crippen molar-refractivity contribution in [3.63, 3.8) is 0 Å². The van der Waals surface area contributed by atoms with E-state index in [4.69, 9.17) is 21.1 Å². The highest BCUT2D eigenvalue weighted by atomic mass is 35.5. The fraction of sp³-hybridized carbons (Fsp3) is 0.320. The largest absolute Gasteiger partial charge is 0.494 e. The van der Waals surface area contributed by atoms with E-state index in [9.17, 15) is 4.79 Å². The molecular formula is C25H29ClN6O3. The molecule has 9 nitrogen and oxygen atoms in total. The lowest BCUT2D eigenvalue weighted by molar-refractivity contribution is -0.115. The number of carbonyl (C=O) groups excluding carboxylic acids is 1. The highest BCUT2D eigenvalue weighted by molar-refractivity contribution is 6.31. The second kappa shape index (κ2) is 11.2. The van der Waals surface area contributed by atoms with Crippen LogP contribution in [0.3, 0.4) is 0 Å². The number of methoxy groups -OCH3 is 1. The summed E-state index contributed by atoms with van der Waals surface area (Å²) in [5.41, 5.74) is 2.46. The Bertz CT molecular complexity index is 1180. The van der Waals surface area contributed by atoms with Gasteiger partial charge in [0, 0.05) is 56.1 Å². The molecule has 2 aromatic carbocycles. The van der Waals surface area contributed by atoms with Crippen LogP contribution in [0.2, 0.25) is 5.02 Å². The molecule has 184 valence electrons. The highest BCUT2D eigenvalue weighted by Crippen LogP contribution is 2.34. The van der Waals surface area contributed by atoms with Crippen molar-refractivity contribution >= 4 is 40.5 Å². The Balaban J connectivity index is 1.50. The smallest absolute Gasteiger partial charge is 0.243 e. The van der Waals surface area contributed by atoms with E-state index in [1.807, 2.05) is 12.1 Å². The van der Waals surface area contributed by atoms with Crippen molar-refractivity contribution < 1.29 is 14.3 Å². The number of halogens is 1. The SMILES string of the molecule is CCC(=O)Nc1cccc(Oc2nc(Nc3ccc(N4CCN(C)CC4)cc3OC)ncc2Cl)c1. The van der Waals surface area contributed by atoms with Gasteiger partial charge in [0.2, 0.25) is 17.7 Å². The van der Waals surface area contributed by atoms with Gasteiger partial charge in [0.25, 0.3) is 0 Å². The number of hydrogen-bond donors (Lipinski definition) is 2. The van der Waals surface area contributed by atoms with Gasteiger partial charge >= 0.3 is 0 Å². The summed E-state index contributed by atoms with van der Waals surface area (Å²) in [6.45, 7) is 5.78. The van der Waals surface area contributed by atoms with Crippen LogP contribution in [0.1, 0.15) is 13.3 Å². The molecule has 10 heteroatoms. The Labute approximate surface area is 210 Å². The summed E-state index contributed by atoms with van der Waals surface area (Å²) in [5, 5.41) is 6.25. The average Bonchev–Trinajstić information content (AvgIpc) is 2.87. The Kier molecular flexibility index (Phi) is 7.89. The van der Waals surface area contributed by atoms with Crippen molar-refractivity contribution in [2.45, 2.75) is 13.3 Å². The maximum Gasteiger partial charge on any atom is 0.243 e. The third kappa shape index (κ3) is 6.32. The molecule has 1 amide bonds. The van der Waals surface area contributed by atoms with E-state index in [0.717, 1.165) is 37.6 Å². The molecule has 1 aliphatic heterocycles. The number of anilines is 4. The van der Waals surface area contributed by atoms with E-state index in [-0.39, 0.29) is 16.8 Å². The number of nitrogens with zero attached hydrogens (tertiary/aromatic N) is 4. The molecule has 1 aromatic heterocycles. The van der Waals surface area contributed by atoms with Gasteiger partial charge in [-0.25, -0.2) is 4.98 Å². The maximum absolute atomic E-state index is 11.7. The fourth-order valence-electron chi connectivity index (χ4n) is 3.65. The van der Waals surface area contributed by atoms with Crippen molar-refractivity contribution in [1.82, 2.24) is 14.9 Å². The normalized spacial score (nSPS) is 13.9. The monoisotopic (exact) mass is 496 g/mol. The Morgan fingerprint density at radius 1 is 1.14 bits per heavy atom. The molecule has 1 aliphatic rings. The Hall–Kier alpha value is -3.56. The van der Waals surface area contributed by atoms with Crippen molar-refractivity contribution in [3.8, 4) is 17.4 Å². The first-order chi connectivity index (χ1) is 16.9. The summed E-state index contributed by atoms with van der Waals surface area (Å²) in [6.07, 6.45) is 1.86. The number of nitrogens with one attached hydrogen (secondary N) is 2. The molecule has 4 rings (SSSR count). The van der Waals surface area contributed by atoms with Gasteiger partial charge in [0.1, 0.15) is 16.5 Å². The molecule has 0 atom stereocenters. The van der Waals surface area contributed by atoms with Gasteiger partial charge in [-0.05, 0) is 31.3 Å². The van der Waals surface area contributed by atoms with E-state index in [2.05, 4.69) is 43.5 Å². The summed E-state index contributed by atoms with van der Waals surface area (Å²) in [7, 11) is 3.77. The highest BCUT2D eigenvalue weighted by Gasteiger charge is 2.17. The molecule has 3 aromatic rings. The van der Waals surface area contributed by atoms with Crippen molar-refractivity contribution in [2.24, 2.45) is 0 Å². The predicted molar refractivity (Wildman–Crippen MR) is 138 cm³/mol. The Morgan fingerprint density at radius 3 is 2.69 bits per heavy atom. The minimum Gasteiger partial charge on any atom is -0.494 e. The van der Waals surface area contributed by atoms with Crippen LogP contribution in [-0.4, -0.2) is 61.1 Å². The molecular weight excluding hydrogens is 468 g/mol. The van der Waals surface area contributed by atoms with E-state index in [1.54, 1.807) is 38.3 Å². The standard InChI is InChI=1S/C25H29ClN6O3/c1-4-23(33)28-17-6-5-7-19(14-17)35-24-20(26)16-27-25(30-24)29-21-9-8-18(15-22(21)34-3)32-12-10-31(2)11-13-32/h5-9,14-16H,4,10-13H2,1-3H3,(H,28,33)(H,27,29,30). The number of rotatable bonds is 8. The average molecular weight is 497 g/mol. The second-order valence-corrected chi connectivity index (χ2v) is 8.59. The maximum atomic E-state index is 11.7. The number of amides is 1. The molecule has 0 bridgehead atoms. The van der Waals surface area contributed by atoms with Gasteiger partial charge in [-0.2, -0.15) is 4.98 Å². The predicted octanol–water partition coefficient (Wildman–Crippen LogP) is 4.77. The van der Waals surface area contributed by atoms with Crippen LogP contribution in [0.4, 0.5) is 23.0 Å². The van der Waals surface area contributed by atoms with Crippen LogP contribution in [-0.2, 0) is 4.79 Å². The molecule has 0 saturated carbocycles. The number of piperazine rings is 1. The summed E-state index contributed by atoms with van der Waals surface area (Å²) < 4.78 is 11.5. The molecule has 0 aliphatic carbocycles. The van der Waals surface area contributed by atoms with Crippen LogP contribution in [0.15, 0.2) is 48.7 Å². The van der Waals surface area contributed by atoms with Crippen molar-refractivity contribution in [3.05, 3.63) is 53.7 Å². The fourth-order valence-corrected chi connectivity index (χ4v) is 3.78. The molecule has 0 unspecified atom stereocenters. The van der Waals surface area contributed by atoms with Gasteiger partial charge in [-0.15, -0.1) is 0 Å². The minimum atomic E-state index is -0.0821. The van der Waals surface area contributed by atoms with Gasteiger partial charge < -0.3 is 29.9 Å². The van der Waals surface area contributed by atoms with E-state index in [0.29, 0.717) is 29.6 Å². The first-order valence-electron chi connectivity index (χ1n) is 11.4. The zero-order valence-electron chi connectivity index (χ0n) is 20.0. The van der Waals surface area contributed by atoms with Gasteiger partial charge in [0.15, 0.2) is 0 Å². The van der Waals surface area contributed by atoms with E-state index < -0.39 is 0 Å². The first-order valence-corrected chi connectivity index (χ1v) is 11.8. The summed E-state index contributed by atoms with van der Waals surface area (Å²) >= 11 is 6.29. The van der Waals surface area contributed by atoms with E-state index >= 15 is 0 Å².